The third-order valence-electron chi connectivity index (χ3n) is 4.75. The van der Waals surface area contributed by atoms with Crippen LogP contribution in [-0.4, -0.2) is 17.3 Å². The lowest BCUT2D eigenvalue weighted by atomic mass is 9.84. The Morgan fingerprint density at radius 3 is 2.68 bits per heavy atom. The zero-order valence-corrected chi connectivity index (χ0v) is 13.7. The summed E-state index contributed by atoms with van der Waals surface area (Å²) in [6.07, 6.45) is 12.2. The smallest absolute Gasteiger partial charge is 0.192 e. The SMILES string of the molecule is C=C(Cc1ccc(C)cc1)C(C)C1=CC2C=C[N+](C)=C2C=C1. The molecule has 0 saturated heterocycles. The van der Waals surface area contributed by atoms with Crippen molar-refractivity contribution < 1.29 is 4.58 Å². The van der Waals surface area contributed by atoms with Crippen molar-refractivity contribution in [2.75, 3.05) is 7.05 Å². The molecule has 1 aromatic carbocycles. The number of aryl methyl sites for hydroxylation is 1. The van der Waals surface area contributed by atoms with E-state index >= 15 is 0 Å². The molecule has 0 aromatic heterocycles. The molecule has 3 rings (SSSR count). The van der Waals surface area contributed by atoms with Gasteiger partial charge in [-0.3, -0.25) is 0 Å². The van der Waals surface area contributed by atoms with Crippen LogP contribution in [0.25, 0.3) is 0 Å². The summed E-state index contributed by atoms with van der Waals surface area (Å²) in [5.74, 6) is 0.818. The Kier molecular flexibility index (Phi) is 3.98. The highest BCUT2D eigenvalue weighted by molar-refractivity contribution is 5.98. The second kappa shape index (κ2) is 5.92. The normalized spacial score (nSPS) is 20.9. The summed E-state index contributed by atoms with van der Waals surface area (Å²) in [6, 6.07) is 8.76. The summed E-state index contributed by atoms with van der Waals surface area (Å²) in [5, 5.41) is 0. The van der Waals surface area contributed by atoms with Crippen molar-refractivity contribution in [3.8, 4) is 0 Å². The van der Waals surface area contributed by atoms with Gasteiger partial charge in [0.25, 0.3) is 0 Å². The molecule has 1 nitrogen and oxygen atoms in total. The van der Waals surface area contributed by atoms with Crippen LogP contribution >= 0.6 is 0 Å². The molecule has 1 aliphatic heterocycles. The van der Waals surface area contributed by atoms with Gasteiger partial charge in [-0.1, -0.05) is 61.1 Å². The van der Waals surface area contributed by atoms with Gasteiger partial charge in [0.15, 0.2) is 11.9 Å². The van der Waals surface area contributed by atoms with Crippen LogP contribution in [0.5, 0.6) is 0 Å². The van der Waals surface area contributed by atoms with Crippen LogP contribution in [0.4, 0.5) is 0 Å². The van der Waals surface area contributed by atoms with Gasteiger partial charge < -0.3 is 0 Å². The van der Waals surface area contributed by atoms with Gasteiger partial charge in [-0.05, 0) is 30.6 Å². The molecule has 0 amide bonds. The molecule has 0 bridgehead atoms. The molecular weight excluding hydrogens is 266 g/mol. The Morgan fingerprint density at radius 1 is 1.23 bits per heavy atom. The monoisotopic (exact) mass is 290 g/mol. The third-order valence-corrected chi connectivity index (χ3v) is 4.75. The molecule has 0 spiro atoms. The number of hydrogen-bond acceptors (Lipinski definition) is 0. The van der Waals surface area contributed by atoms with E-state index in [0.717, 1.165) is 6.42 Å². The molecule has 2 unspecified atom stereocenters. The molecule has 0 radical (unpaired) electrons. The zero-order chi connectivity index (χ0) is 15.7. The van der Waals surface area contributed by atoms with Crippen LogP contribution in [-0.2, 0) is 6.42 Å². The number of allylic oxidation sites excluding steroid dienone is 6. The first-order valence-corrected chi connectivity index (χ1v) is 7.95. The Hall–Kier alpha value is -2.15. The molecule has 0 fully saturated rings. The van der Waals surface area contributed by atoms with E-state index in [2.05, 4.69) is 86.8 Å². The largest absolute Gasteiger partial charge is 0.205 e. The van der Waals surface area contributed by atoms with Crippen molar-refractivity contribution in [2.45, 2.75) is 20.3 Å². The summed E-state index contributed by atoms with van der Waals surface area (Å²) in [4.78, 5) is 0. The standard InChI is InChI=1S/C21H24N/c1-15-5-7-18(8-6-15)13-16(2)17(3)19-9-10-21-20(14-19)11-12-22(21)4/h5-12,14,17,20H,2,13H2,1,3-4H3/q+1. The molecule has 1 heteroatoms. The minimum Gasteiger partial charge on any atom is -0.205 e. The highest BCUT2D eigenvalue weighted by Crippen LogP contribution is 2.29. The average Bonchev–Trinajstić information content (AvgIpc) is 2.89. The third kappa shape index (κ3) is 2.89. The summed E-state index contributed by atoms with van der Waals surface area (Å²) in [5.41, 5.74) is 6.67. The molecule has 1 aliphatic carbocycles. The second-order valence-corrected chi connectivity index (χ2v) is 6.45. The van der Waals surface area contributed by atoms with Crippen LogP contribution in [0.1, 0.15) is 18.1 Å². The van der Waals surface area contributed by atoms with Crippen molar-refractivity contribution in [2.24, 2.45) is 11.8 Å². The maximum Gasteiger partial charge on any atom is 0.192 e. The Bertz CT molecular complexity index is 711. The van der Waals surface area contributed by atoms with Crippen molar-refractivity contribution >= 4 is 5.71 Å². The minimum atomic E-state index is 0.387. The fourth-order valence-electron chi connectivity index (χ4n) is 3.10. The number of rotatable bonds is 4. The van der Waals surface area contributed by atoms with E-state index in [1.165, 1.54) is 28.0 Å². The van der Waals surface area contributed by atoms with Crippen LogP contribution < -0.4 is 0 Å². The number of hydrogen-bond donors (Lipinski definition) is 0. The maximum atomic E-state index is 4.34. The Labute approximate surface area is 133 Å². The summed E-state index contributed by atoms with van der Waals surface area (Å²) in [7, 11) is 2.11. The van der Waals surface area contributed by atoms with Crippen LogP contribution in [0.2, 0.25) is 0 Å². The van der Waals surface area contributed by atoms with Crippen LogP contribution in [0, 0.1) is 18.8 Å². The molecule has 0 N–H and O–H groups in total. The molecule has 0 saturated carbocycles. The molecule has 2 aliphatic rings. The Morgan fingerprint density at radius 2 is 1.95 bits per heavy atom. The summed E-state index contributed by atoms with van der Waals surface area (Å²) in [6.45, 7) is 8.73. The maximum absolute atomic E-state index is 4.34. The quantitative estimate of drug-likeness (QED) is 0.569. The first-order valence-electron chi connectivity index (χ1n) is 7.95. The summed E-state index contributed by atoms with van der Waals surface area (Å²) < 4.78 is 2.19. The molecule has 2 atom stereocenters. The predicted molar refractivity (Wildman–Crippen MR) is 94.2 cm³/mol. The van der Waals surface area contributed by atoms with Gasteiger partial charge in [-0.2, -0.15) is 0 Å². The topological polar surface area (TPSA) is 3.01 Å². The zero-order valence-electron chi connectivity index (χ0n) is 13.7. The van der Waals surface area contributed by atoms with Gasteiger partial charge in [0.1, 0.15) is 7.05 Å². The molecular formula is C21H24N+. The van der Waals surface area contributed by atoms with Gasteiger partial charge in [0.05, 0.1) is 5.92 Å². The first-order chi connectivity index (χ1) is 10.5. The summed E-state index contributed by atoms with van der Waals surface area (Å²) >= 11 is 0. The van der Waals surface area contributed by atoms with Gasteiger partial charge in [0.2, 0.25) is 0 Å². The van der Waals surface area contributed by atoms with E-state index in [1.54, 1.807) is 0 Å². The highest BCUT2D eigenvalue weighted by atomic mass is 15.0. The molecule has 1 aromatic rings. The lowest BCUT2D eigenvalue weighted by Gasteiger charge is -2.20. The van der Waals surface area contributed by atoms with Gasteiger partial charge in [-0.25, -0.2) is 4.58 Å². The van der Waals surface area contributed by atoms with Crippen LogP contribution in [0.15, 0.2) is 72.5 Å². The van der Waals surface area contributed by atoms with E-state index < -0.39 is 0 Å². The first kappa shape index (κ1) is 14.8. The van der Waals surface area contributed by atoms with Crippen LogP contribution in [0.3, 0.4) is 0 Å². The fraction of sp³-hybridized carbons (Fsp3) is 0.286. The lowest BCUT2D eigenvalue weighted by molar-refractivity contribution is -0.418. The number of nitrogens with zero attached hydrogens (tertiary/aromatic N) is 1. The van der Waals surface area contributed by atoms with E-state index in [-0.39, 0.29) is 0 Å². The Balaban J connectivity index is 1.72. The molecule has 112 valence electrons. The van der Waals surface area contributed by atoms with Gasteiger partial charge in [0, 0.05) is 12.0 Å². The van der Waals surface area contributed by atoms with Crippen molar-refractivity contribution in [3.05, 3.63) is 83.6 Å². The fourth-order valence-corrected chi connectivity index (χ4v) is 3.10. The number of fused-ring (bicyclic) bond motifs is 1. The van der Waals surface area contributed by atoms with Gasteiger partial charge >= 0.3 is 0 Å². The van der Waals surface area contributed by atoms with E-state index in [1.807, 2.05) is 0 Å². The molecule has 1 heterocycles. The van der Waals surface area contributed by atoms with Gasteiger partial charge in [-0.15, -0.1) is 0 Å². The number of benzene rings is 1. The highest BCUT2D eigenvalue weighted by Gasteiger charge is 2.26. The average molecular weight is 290 g/mol. The van der Waals surface area contributed by atoms with Crippen molar-refractivity contribution in [1.29, 1.82) is 0 Å². The molecule has 22 heavy (non-hydrogen) atoms. The lowest BCUT2D eigenvalue weighted by Crippen LogP contribution is -2.17. The van der Waals surface area contributed by atoms with E-state index in [9.17, 15) is 0 Å². The minimum absolute atomic E-state index is 0.387. The second-order valence-electron chi connectivity index (χ2n) is 6.45. The van der Waals surface area contributed by atoms with Crippen molar-refractivity contribution in [1.82, 2.24) is 0 Å². The van der Waals surface area contributed by atoms with E-state index in [0.29, 0.717) is 11.8 Å². The van der Waals surface area contributed by atoms with E-state index in [4.69, 9.17) is 0 Å². The van der Waals surface area contributed by atoms with Crippen molar-refractivity contribution in [3.63, 3.8) is 0 Å². The predicted octanol–water partition coefficient (Wildman–Crippen LogP) is 4.45.